The van der Waals surface area contributed by atoms with E-state index in [1.807, 2.05) is 13.8 Å². The normalized spacial score (nSPS) is 21.4. The molecule has 0 amide bonds. The van der Waals surface area contributed by atoms with E-state index in [1.165, 1.54) is 26.4 Å². The van der Waals surface area contributed by atoms with Crippen LogP contribution in [0.4, 0.5) is 0 Å². The fraction of sp³-hybridized carbons (Fsp3) is 0.812. The fourth-order valence-corrected chi connectivity index (χ4v) is 2.22. The largest absolute Gasteiger partial charge is 0.469 e. The molecule has 0 N–H and O–H groups in total. The molecule has 1 rings (SSSR count). The number of rotatable bonds is 9. The lowest BCUT2D eigenvalue weighted by atomic mass is 10.1. The Morgan fingerprint density at radius 1 is 1.25 bits per heavy atom. The minimum absolute atomic E-state index is 0.102. The molecule has 1 aliphatic heterocycles. The topological polar surface area (TPSA) is 44.8 Å². The SMILES string of the molecule is COC(=O)CCCCCCC/C=C\[C@H]1COC(C)(C)O1. The lowest BCUT2D eigenvalue weighted by Gasteiger charge is -2.15. The van der Waals surface area contributed by atoms with Crippen LogP contribution in [0.15, 0.2) is 12.2 Å². The highest BCUT2D eigenvalue weighted by molar-refractivity contribution is 5.68. The third-order valence-corrected chi connectivity index (χ3v) is 3.36. The molecule has 0 saturated carbocycles. The minimum Gasteiger partial charge on any atom is -0.469 e. The average Bonchev–Trinajstić information content (AvgIpc) is 2.76. The summed E-state index contributed by atoms with van der Waals surface area (Å²) < 4.78 is 15.8. The zero-order chi connectivity index (χ0) is 14.8. The standard InChI is InChI=1S/C16H28O4/c1-16(2)19-13-14(20-16)11-9-7-5-4-6-8-10-12-15(17)18-3/h9,11,14H,4-8,10,12-13H2,1-3H3/b11-9-/t14-/m0/s1. The summed E-state index contributed by atoms with van der Waals surface area (Å²) in [7, 11) is 1.44. The molecule has 0 aromatic rings. The van der Waals surface area contributed by atoms with Crippen LogP contribution in [-0.2, 0) is 19.0 Å². The summed E-state index contributed by atoms with van der Waals surface area (Å²) in [6.45, 7) is 4.53. The van der Waals surface area contributed by atoms with E-state index < -0.39 is 5.79 Å². The molecular weight excluding hydrogens is 256 g/mol. The third kappa shape index (κ3) is 7.65. The number of hydrogen-bond donors (Lipinski definition) is 0. The zero-order valence-corrected chi connectivity index (χ0v) is 13.0. The van der Waals surface area contributed by atoms with Crippen molar-refractivity contribution in [1.82, 2.24) is 0 Å². The first-order valence-electron chi connectivity index (χ1n) is 7.59. The second-order valence-electron chi connectivity index (χ2n) is 5.68. The molecule has 0 unspecified atom stereocenters. The minimum atomic E-state index is -0.436. The van der Waals surface area contributed by atoms with Crippen molar-refractivity contribution in [2.24, 2.45) is 0 Å². The predicted octanol–water partition coefficient (Wildman–Crippen LogP) is 3.60. The van der Waals surface area contributed by atoms with Crippen molar-refractivity contribution in [3.05, 3.63) is 12.2 Å². The summed E-state index contributed by atoms with van der Waals surface area (Å²) in [5.41, 5.74) is 0. The first-order chi connectivity index (χ1) is 9.53. The van der Waals surface area contributed by atoms with Gasteiger partial charge in [0.2, 0.25) is 0 Å². The molecule has 1 aliphatic rings. The van der Waals surface area contributed by atoms with Crippen LogP contribution in [-0.4, -0.2) is 31.6 Å². The molecule has 1 saturated heterocycles. The number of methoxy groups -OCH3 is 1. The Hall–Kier alpha value is -0.870. The number of unbranched alkanes of at least 4 members (excludes halogenated alkanes) is 5. The maximum Gasteiger partial charge on any atom is 0.305 e. The van der Waals surface area contributed by atoms with Crippen LogP contribution in [0.3, 0.4) is 0 Å². The van der Waals surface area contributed by atoms with Gasteiger partial charge in [0.25, 0.3) is 0 Å². The number of hydrogen-bond acceptors (Lipinski definition) is 4. The maximum absolute atomic E-state index is 10.9. The van der Waals surface area contributed by atoms with E-state index in [0.29, 0.717) is 13.0 Å². The molecule has 0 radical (unpaired) electrons. The fourth-order valence-electron chi connectivity index (χ4n) is 2.22. The Labute approximate surface area is 122 Å². The van der Waals surface area contributed by atoms with Gasteiger partial charge in [0.15, 0.2) is 5.79 Å². The van der Waals surface area contributed by atoms with Gasteiger partial charge in [0.1, 0.15) is 6.10 Å². The van der Waals surface area contributed by atoms with E-state index in [4.69, 9.17) is 9.47 Å². The van der Waals surface area contributed by atoms with Crippen molar-refractivity contribution in [2.45, 2.75) is 70.7 Å². The van der Waals surface area contributed by atoms with Crippen molar-refractivity contribution in [3.8, 4) is 0 Å². The molecule has 1 heterocycles. The van der Waals surface area contributed by atoms with Crippen LogP contribution in [0.1, 0.15) is 58.8 Å². The first-order valence-corrected chi connectivity index (χ1v) is 7.59. The second-order valence-corrected chi connectivity index (χ2v) is 5.68. The van der Waals surface area contributed by atoms with Crippen LogP contribution >= 0.6 is 0 Å². The zero-order valence-electron chi connectivity index (χ0n) is 13.0. The van der Waals surface area contributed by atoms with Gasteiger partial charge >= 0.3 is 5.97 Å². The van der Waals surface area contributed by atoms with Gasteiger partial charge in [-0.2, -0.15) is 0 Å². The summed E-state index contributed by atoms with van der Waals surface area (Å²) in [5.74, 6) is -0.538. The van der Waals surface area contributed by atoms with Crippen molar-refractivity contribution in [3.63, 3.8) is 0 Å². The van der Waals surface area contributed by atoms with Gasteiger partial charge < -0.3 is 14.2 Å². The summed E-state index contributed by atoms with van der Waals surface area (Å²) in [6, 6.07) is 0. The predicted molar refractivity (Wildman–Crippen MR) is 78.4 cm³/mol. The van der Waals surface area contributed by atoms with Crippen LogP contribution in [0.5, 0.6) is 0 Å². The molecule has 20 heavy (non-hydrogen) atoms. The van der Waals surface area contributed by atoms with Crippen molar-refractivity contribution in [2.75, 3.05) is 13.7 Å². The van der Waals surface area contributed by atoms with E-state index in [0.717, 1.165) is 19.3 Å². The van der Waals surface area contributed by atoms with Crippen LogP contribution in [0, 0.1) is 0 Å². The summed E-state index contributed by atoms with van der Waals surface area (Å²) in [6.07, 6.45) is 11.6. The van der Waals surface area contributed by atoms with Crippen molar-refractivity contribution in [1.29, 1.82) is 0 Å². The molecule has 4 heteroatoms. The van der Waals surface area contributed by atoms with Gasteiger partial charge in [-0.15, -0.1) is 0 Å². The molecule has 0 spiro atoms. The highest BCUT2D eigenvalue weighted by atomic mass is 16.7. The molecule has 0 aliphatic carbocycles. The number of ether oxygens (including phenoxy) is 3. The maximum atomic E-state index is 10.9. The molecule has 0 bridgehead atoms. The van der Waals surface area contributed by atoms with Gasteiger partial charge in [-0.1, -0.05) is 31.4 Å². The Morgan fingerprint density at radius 3 is 2.60 bits per heavy atom. The highest BCUT2D eigenvalue weighted by Gasteiger charge is 2.30. The third-order valence-electron chi connectivity index (χ3n) is 3.36. The Bertz CT molecular complexity index is 310. The van der Waals surface area contributed by atoms with Crippen molar-refractivity contribution >= 4 is 5.97 Å². The van der Waals surface area contributed by atoms with Gasteiger partial charge in [0.05, 0.1) is 13.7 Å². The number of allylic oxidation sites excluding steroid dienone is 1. The monoisotopic (exact) mass is 284 g/mol. The van der Waals surface area contributed by atoms with Crippen LogP contribution in [0.2, 0.25) is 0 Å². The lowest BCUT2D eigenvalue weighted by molar-refractivity contribution is -0.140. The van der Waals surface area contributed by atoms with E-state index in [2.05, 4.69) is 16.9 Å². The van der Waals surface area contributed by atoms with Gasteiger partial charge in [0, 0.05) is 6.42 Å². The lowest BCUT2D eigenvalue weighted by Crippen LogP contribution is -2.20. The molecule has 4 nitrogen and oxygen atoms in total. The van der Waals surface area contributed by atoms with E-state index in [1.54, 1.807) is 0 Å². The molecule has 1 atom stereocenters. The Morgan fingerprint density at radius 2 is 1.95 bits per heavy atom. The van der Waals surface area contributed by atoms with Crippen LogP contribution < -0.4 is 0 Å². The van der Waals surface area contributed by atoms with E-state index in [9.17, 15) is 4.79 Å². The second kappa shape index (κ2) is 9.14. The number of carbonyl (C=O) groups is 1. The Balaban J connectivity index is 1.91. The van der Waals surface area contributed by atoms with Crippen molar-refractivity contribution < 1.29 is 19.0 Å². The van der Waals surface area contributed by atoms with Crippen LogP contribution in [0.25, 0.3) is 0 Å². The number of esters is 1. The summed E-state index contributed by atoms with van der Waals surface area (Å²) >= 11 is 0. The molecular formula is C16H28O4. The smallest absolute Gasteiger partial charge is 0.305 e. The van der Waals surface area contributed by atoms with E-state index >= 15 is 0 Å². The molecule has 0 aromatic carbocycles. The van der Waals surface area contributed by atoms with E-state index in [-0.39, 0.29) is 12.1 Å². The quantitative estimate of drug-likeness (QED) is 0.369. The number of carbonyl (C=O) groups excluding carboxylic acids is 1. The van der Waals surface area contributed by atoms with Gasteiger partial charge in [-0.25, -0.2) is 0 Å². The Kier molecular flexibility index (Phi) is 7.85. The summed E-state index contributed by atoms with van der Waals surface area (Å²) in [5, 5.41) is 0. The summed E-state index contributed by atoms with van der Waals surface area (Å²) in [4.78, 5) is 10.9. The molecule has 116 valence electrons. The first kappa shape index (κ1) is 17.2. The highest BCUT2D eigenvalue weighted by Crippen LogP contribution is 2.23. The van der Waals surface area contributed by atoms with Gasteiger partial charge in [-0.3, -0.25) is 4.79 Å². The molecule has 1 fully saturated rings. The average molecular weight is 284 g/mol. The molecule has 0 aromatic heterocycles. The van der Waals surface area contributed by atoms with Gasteiger partial charge in [-0.05, 0) is 33.1 Å².